The normalized spacial score (nSPS) is 10.7. The zero-order chi connectivity index (χ0) is 16.2. The quantitative estimate of drug-likeness (QED) is 0.728. The van der Waals surface area contributed by atoms with Crippen LogP contribution in [0.3, 0.4) is 0 Å². The van der Waals surface area contributed by atoms with Crippen molar-refractivity contribution in [3.63, 3.8) is 0 Å². The summed E-state index contributed by atoms with van der Waals surface area (Å²) in [5.74, 6) is 1.08. The molecule has 1 aromatic carbocycles. The van der Waals surface area contributed by atoms with Crippen molar-refractivity contribution < 1.29 is 14.0 Å². The molecule has 0 aliphatic heterocycles. The van der Waals surface area contributed by atoms with Crippen molar-refractivity contribution in [2.45, 2.75) is 20.5 Å². The second-order valence-electron chi connectivity index (χ2n) is 4.68. The number of hydrogen-bond donors (Lipinski definition) is 1. The zero-order valence-electron chi connectivity index (χ0n) is 12.6. The summed E-state index contributed by atoms with van der Waals surface area (Å²) in [7, 11) is 0. The van der Waals surface area contributed by atoms with E-state index in [4.69, 9.17) is 14.0 Å². The van der Waals surface area contributed by atoms with Crippen molar-refractivity contribution >= 4 is 0 Å². The van der Waals surface area contributed by atoms with Crippen molar-refractivity contribution in [1.29, 1.82) is 0 Å². The highest BCUT2D eigenvalue weighted by atomic mass is 16.6. The maximum absolute atomic E-state index is 11.7. The molecular formula is C14H15N5O4. The molecule has 2 aromatic heterocycles. The minimum absolute atomic E-state index is 0.109. The van der Waals surface area contributed by atoms with E-state index in [1.165, 1.54) is 0 Å². The average Bonchev–Trinajstić information content (AvgIpc) is 3.13. The Morgan fingerprint density at radius 3 is 2.83 bits per heavy atom. The van der Waals surface area contributed by atoms with E-state index in [9.17, 15) is 4.79 Å². The topological polar surface area (TPSA) is 108 Å². The fourth-order valence-electron chi connectivity index (χ4n) is 2.03. The Morgan fingerprint density at radius 2 is 2.13 bits per heavy atom. The van der Waals surface area contributed by atoms with Crippen molar-refractivity contribution in [3.8, 4) is 17.5 Å². The van der Waals surface area contributed by atoms with Gasteiger partial charge in [0.15, 0.2) is 0 Å². The largest absolute Gasteiger partial charge is 0.488 e. The molecule has 0 amide bonds. The number of rotatable bonds is 6. The number of nitrogens with one attached hydrogen (secondary N) is 1. The maximum atomic E-state index is 11.7. The molecule has 0 bridgehead atoms. The molecule has 0 spiro atoms. The Kier molecular flexibility index (Phi) is 4.09. The molecule has 3 aromatic rings. The van der Waals surface area contributed by atoms with Gasteiger partial charge in [0.05, 0.1) is 6.61 Å². The van der Waals surface area contributed by atoms with Crippen molar-refractivity contribution in [1.82, 2.24) is 25.4 Å². The zero-order valence-corrected chi connectivity index (χ0v) is 12.6. The molecule has 0 unspecified atom stereocenters. The van der Waals surface area contributed by atoms with E-state index in [1.54, 1.807) is 0 Å². The molecule has 0 saturated carbocycles. The number of tetrazole rings is 1. The van der Waals surface area contributed by atoms with Gasteiger partial charge in [0.25, 0.3) is 0 Å². The van der Waals surface area contributed by atoms with Crippen LogP contribution in [0.25, 0.3) is 5.82 Å². The highest BCUT2D eigenvalue weighted by Gasteiger charge is 2.22. The standard InChI is InChI=1S/C14H15N5O4/c1-3-21-13-10(8-22-11-7-5-4-6-9(11)2)12(16-23-13)19-14(20)15-17-18-19/h4-7H,3,8H2,1-2H3,(H,15,18,20). The van der Waals surface area contributed by atoms with E-state index in [2.05, 4.69) is 20.7 Å². The Balaban J connectivity index is 1.93. The molecule has 0 aliphatic carbocycles. The smallest absolute Gasteiger partial charge is 0.367 e. The van der Waals surface area contributed by atoms with Crippen molar-refractivity contribution in [2.24, 2.45) is 0 Å². The molecule has 0 atom stereocenters. The number of aromatic amines is 1. The van der Waals surface area contributed by atoms with Crippen LogP contribution in [-0.4, -0.2) is 32.0 Å². The van der Waals surface area contributed by atoms with Gasteiger partial charge in [0.1, 0.15) is 17.9 Å². The monoisotopic (exact) mass is 317 g/mol. The number of ether oxygens (including phenoxy) is 2. The number of H-pyrrole nitrogens is 1. The van der Waals surface area contributed by atoms with Crippen LogP contribution in [0.1, 0.15) is 18.1 Å². The molecule has 2 heterocycles. The second-order valence-corrected chi connectivity index (χ2v) is 4.68. The molecule has 9 nitrogen and oxygen atoms in total. The fourth-order valence-corrected chi connectivity index (χ4v) is 2.03. The van der Waals surface area contributed by atoms with Gasteiger partial charge >= 0.3 is 11.6 Å². The van der Waals surface area contributed by atoms with Crippen LogP contribution in [0, 0.1) is 6.92 Å². The summed E-state index contributed by atoms with van der Waals surface area (Å²) in [5.41, 5.74) is 0.937. The number of aromatic nitrogens is 5. The Morgan fingerprint density at radius 1 is 1.30 bits per heavy atom. The third kappa shape index (κ3) is 2.93. The average molecular weight is 317 g/mol. The van der Waals surface area contributed by atoms with Gasteiger partial charge in [-0.3, -0.25) is 0 Å². The number of benzene rings is 1. The Bertz CT molecular complexity index is 851. The lowest BCUT2D eigenvalue weighted by molar-refractivity contribution is 0.214. The van der Waals surface area contributed by atoms with Crippen LogP contribution >= 0.6 is 0 Å². The number of nitrogens with zero attached hydrogens (tertiary/aromatic N) is 4. The predicted octanol–water partition coefficient (Wildman–Crippen LogP) is 1.23. The van der Waals surface area contributed by atoms with Crippen LogP contribution < -0.4 is 15.2 Å². The third-order valence-corrected chi connectivity index (χ3v) is 3.15. The SMILES string of the molecule is CCOc1onc(-n2nn[nH]c2=O)c1COc1ccccc1C. The predicted molar refractivity (Wildman–Crippen MR) is 78.7 cm³/mol. The Hall–Kier alpha value is -3.10. The van der Waals surface area contributed by atoms with Gasteiger partial charge in [-0.15, -0.1) is 4.68 Å². The number of hydrogen-bond acceptors (Lipinski definition) is 7. The molecule has 120 valence electrons. The van der Waals surface area contributed by atoms with E-state index in [1.807, 2.05) is 38.1 Å². The lowest BCUT2D eigenvalue weighted by atomic mass is 10.2. The Labute approximate surface area is 130 Å². The van der Waals surface area contributed by atoms with Gasteiger partial charge in [-0.1, -0.05) is 23.4 Å². The van der Waals surface area contributed by atoms with E-state index in [0.29, 0.717) is 12.2 Å². The van der Waals surface area contributed by atoms with E-state index < -0.39 is 5.69 Å². The van der Waals surface area contributed by atoms with Crippen LogP contribution in [0.5, 0.6) is 11.7 Å². The van der Waals surface area contributed by atoms with Crippen molar-refractivity contribution in [2.75, 3.05) is 6.61 Å². The first-order valence-electron chi connectivity index (χ1n) is 7.01. The van der Waals surface area contributed by atoms with Gasteiger partial charge in [-0.25, -0.2) is 9.89 Å². The van der Waals surface area contributed by atoms with Crippen molar-refractivity contribution in [3.05, 3.63) is 45.9 Å². The second kappa shape index (κ2) is 6.34. The lowest BCUT2D eigenvalue weighted by Crippen LogP contribution is -2.18. The van der Waals surface area contributed by atoms with Gasteiger partial charge in [-0.05, 0) is 35.9 Å². The van der Waals surface area contributed by atoms with Crippen LogP contribution in [-0.2, 0) is 6.61 Å². The van der Waals surface area contributed by atoms with Gasteiger partial charge in [0.2, 0.25) is 5.82 Å². The van der Waals surface area contributed by atoms with Crippen LogP contribution in [0.4, 0.5) is 0 Å². The fraction of sp³-hybridized carbons (Fsp3) is 0.286. The van der Waals surface area contributed by atoms with E-state index in [0.717, 1.165) is 16.0 Å². The molecule has 0 aliphatic rings. The number of aryl methyl sites for hydroxylation is 1. The minimum atomic E-state index is -0.529. The van der Waals surface area contributed by atoms with Gasteiger partial charge in [-0.2, -0.15) is 0 Å². The lowest BCUT2D eigenvalue weighted by Gasteiger charge is -2.09. The summed E-state index contributed by atoms with van der Waals surface area (Å²) in [4.78, 5) is 11.7. The first kappa shape index (κ1) is 14.8. The van der Waals surface area contributed by atoms with Crippen LogP contribution in [0.2, 0.25) is 0 Å². The summed E-state index contributed by atoms with van der Waals surface area (Å²) < 4.78 is 17.3. The molecule has 1 N–H and O–H groups in total. The minimum Gasteiger partial charge on any atom is -0.488 e. The first-order chi connectivity index (χ1) is 11.2. The van der Waals surface area contributed by atoms with Gasteiger partial charge < -0.3 is 14.0 Å². The number of para-hydroxylation sites is 1. The van der Waals surface area contributed by atoms with E-state index >= 15 is 0 Å². The molecule has 23 heavy (non-hydrogen) atoms. The molecular weight excluding hydrogens is 302 g/mol. The first-order valence-corrected chi connectivity index (χ1v) is 7.01. The summed E-state index contributed by atoms with van der Waals surface area (Å²) in [5, 5.41) is 13.1. The molecule has 0 radical (unpaired) electrons. The van der Waals surface area contributed by atoms with Crippen LogP contribution in [0.15, 0.2) is 33.6 Å². The summed E-state index contributed by atoms with van der Waals surface area (Å²) in [6.45, 7) is 4.25. The van der Waals surface area contributed by atoms with E-state index in [-0.39, 0.29) is 18.4 Å². The summed E-state index contributed by atoms with van der Waals surface area (Å²) >= 11 is 0. The molecule has 0 saturated heterocycles. The maximum Gasteiger partial charge on any atom is 0.367 e. The highest BCUT2D eigenvalue weighted by Crippen LogP contribution is 2.27. The third-order valence-electron chi connectivity index (χ3n) is 3.15. The molecule has 9 heteroatoms. The van der Waals surface area contributed by atoms with Gasteiger partial charge in [0, 0.05) is 0 Å². The molecule has 0 fully saturated rings. The summed E-state index contributed by atoms with van der Waals surface area (Å²) in [6.07, 6.45) is 0. The summed E-state index contributed by atoms with van der Waals surface area (Å²) in [6, 6.07) is 7.59. The highest BCUT2D eigenvalue weighted by molar-refractivity contribution is 5.39. The molecule has 3 rings (SSSR count).